The highest BCUT2D eigenvalue weighted by Gasteiger charge is 2.35. The Kier molecular flexibility index (Phi) is 2.76. The van der Waals surface area contributed by atoms with Gasteiger partial charge in [-0.25, -0.2) is 0 Å². The van der Waals surface area contributed by atoms with Crippen LogP contribution in [0, 0.1) is 0 Å². The van der Waals surface area contributed by atoms with Gasteiger partial charge in [0.25, 0.3) is 0 Å². The zero-order chi connectivity index (χ0) is 10.9. The maximum Gasteiger partial charge on any atom is 0.180 e. The SMILES string of the molecule is COc1cccc(Cl)c1OC1(C)CNC1. The van der Waals surface area contributed by atoms with E-state index in [4.69, 9.17) is 21.1 Å². The maximum absolute atomic E-state index is 6.07. The Morgan fingerprint density at radius 2 is 2.13 bits per heavy atom. The molecule has 82 valence electrons. The number of rotatable bonds is 3. The van der Waals surface area contributed by atoms with Crippen LogP contribution in [0.2, 0.25) is 5.02 Å². The predicted molar refractivity (Wildman–Crippen MR) is 59.9 cm³/mol. The molecule has 0 atom stereocenters. The Hall–Kier alpha value is -0.930. The summed E-state index contributed by atoms with van der Waals surface area (Å²) in [5, 5.41) is 3.76. The molecule has 1 fully saturated rings. The topological polar surface area (TPSA) is 30.5 Å². The number of methoxy groups -OCH3 is 1. The van der Waals surface area contributed by atoms with Crippen molar-refractivity contribution >= 4 is 11.6 Å². The normalized spacial score (nSPS) is 18.1. The van der Waals surface area contributed by atoms with Crippen LogP contribution in [0.4, 0.5) is 0 Å². The van der Waals surface area contributed by atoms with Gasteiger partial charge in [-0.1, -0.05) is 17.7 Å². The summed E-state index contributed by atoms with van der Waals surface area (Å²) in [4.78, 5) is 0. The molecular formula is C11H14ClNO2. The van der Waals surface area contributed by atoms with Crippen LogP contribution in [0.25, 0.3) is 0 Å². The van der Waals surface area contributed by atoms with Gasteiger partial charge in [0.1, 0.15) is 5.60 Å². The molecule has 1 aromatic carbocycles. The van der Waals surface area contributed by atoms with Crippen molar-refractivity contribution in [3.63, 3.8) is 0 Å². The lowest BCUT2D eigenvalue weighted by atomic mass is 10.00. The highest BCUT2D eigenvalue weighted by atomic mass is 35.5. The molecule has 1 aliphatic rings. The minimum absolute atomic E-state index is 0.168. The van der Waals surface area contributed by atoms with Crippen LogP contribution >= 0.6 is 11.6 Å². The second-order valence-electron chi connectivity index (χ2n) is 3.93. The molecule has 2 rings (SSSR count). The molecule has 4 heteroatoms. The Labute approximate surface area is 94.3 Å². The van der Waals surface area contributed by atoms with Crippen molar-refractivity contribution in [2.24, 2.45) is 0 Å². The van der Waals surface area contributed by atoms with Crippen LogP contribution in [-0.4, -0.2) is 25.8 Å². The van der Waals surface area contributed by atoms with Crippen molar-refractivity contribution in [2.45, 2.75) is 12.5 Å². The summed E-state index contributed by atoms with van der Waals surface area (Å²) in [6.07, 6.45) is 0. The van der Waals surface area contributed by atoms with E-state index in [9.17, 15) is 0 Å². The molecule has 0 unspecified atom stereocenters. The second kappa shape index (κ2) is 3.91. The van der Waals surface area contributed by atoms with E-state index >= 15 is 0 Å². The first kappa shape index (κ1) is 10.6. The number of hydrogen-bond donors (Lipinski definition) is 1. The van der Waals surface area contributed by atoms with E-state index in [0.29, 0.717) is 16.5 Å². The van der Waals surface area contributed by atoms with Crippen LogP contribution in [0.15, 0.2) is 18.2 Å². The molecule has 0 bridgehead atoms. The van der Waals surface area contributed by atoms with Crippen molar-refractivity contribution in [2.75, 3.05) is 20.2 Å². The van der Waals surface area contributed by atoms with Crippen molar-refractivity contribution < 1.29 is 9.47 Å². The van der Waals surface area contributed by atoms with Crippen LogP contribution in [-0.2, 0) is 0 Å². The first-order valence-corrected chi connectivity index (χ1v) is 5.25. The molecule has 1 saturated heterocycles. The summed E-state index contributed by atoms with van der Waals surface area (Å²) in [5.74, 6) is 1.31. The maximum atomic E-state index is 6.07. The monoisotopic (exact) mass is 227 g/mol. The fraction of sp³-hybridized carbons (Fsp3) is 0.455. The number of nitrogens with one attached hydrogen (secondary N) is 1. The summed E-state index contributed by atoms with van der Waals surface area (Å²) in [6.45, 7) is 3.72. The standard InChI is InChI=1S/C11H14ClNO2/c1-11(6-13-7-11)15-10-8(12)4-3-5-9(10)14-2/h3-5,13H,6-7H2,1-2H3. The highest BCUT2D eigenvalue weighted by molar-refractivity contribution is 6.32. The van der Waals surface area contributed by atoms with Gasteiger partial charge < -0.3 is 14.8 Å². The smallest absolute Gasteiger partial charge is 0.180 e. The molecule has 0 aliphatic carbocycles. The third kappa shape index (κ3) is 2.03. The quantitative estimate of drug-likeness (QED) is 0.858. The van der Waals surface area contributed by atoms with Crippen LogP contribution < -0.4 is 14.8 Å². The van der Waals surface area contributed by atoms with Gasteiger partial charge in [-0.15, -0.1) is 0 Å². The van der Waals surface area contributed by atoms with Gasteiger partial charge >= 0.3 is 0 Å². The van der Waals surface area contributed by atoms with Gasteiger partial charge in [0.2, 0.25) is 0 Å². The van der Waals surface area contributed by atoms with Crippen molar-refractivity contribution in [3.05, 3.63) is 23.2 Å². The Bertz CT molecular complexity index is 364. The Morgan fingerprint density at radius 1 is 1.40 bits per heavy atom. The molecule has 0 amide bonds. The number of benzene rings is 1. The minimum atomic E-state index is -0.168. The van der Waals surface area contributed by atoms with E-state index in [1.807, 2.05) is 19.1 Å². The zero-order valence-electron chi connectivity index (χ0n) is 8.84. The first-order valence-electron chi connectivity index (χ1n) is 4.87. The molecule has 1 heterocycles. The lowest BCUT2D eigenvalue weighted by molar-refractivity contribution is 0.0325. The Morgan fingerprint density at radius 3 is 2.67 bits per heavy atom. The van der Waals surface area contributed by atoms with Gasteiger partial charge in [-0.2, -0.15) is 0 Å². The summed E-state index contributed by atoms with van der Waals surface area (Å²) in [7, 11) is 1.61. The summed E-state index contributed by atoms with van der Waals surface area (Å²) >= 11 is 6.07. The molecule has 1 aromatic rings. The molecular weight excluding hydrogens is 214 g/mol. The van der Waals surface area contributed by atoms with Crippen LogP contribution in [0.5, 0.6) is 11.5 Å². The van der Waals surface area contributed by atoms with Gasteiger partial charge in [0.15, 0.2) is 11.5 Å². The summed E-state index contributed by atoms with van der Waals surface area (Å²) in [5.41, 5.74) is -0.168. The molecule has 1 N–H and O–H groups in total. The number of para-hydroxylation sites is 1. The molecule has 0 spiro atoms. The van der Waals surface area contributed by atoms with Gasteiger partial charge in [-0.3, -0.25) is 0 Å². The fourth-order valence-electron chi connectivity index (χ4n) is 1.54. The average molecular weight is 228 g/mol. The van der Waals surface area contributed by atoms with Crippen molar-refractivity contribution in [1.29, 1.82) is 0 Å². The number of hydrogen-bond acceptors (Lipinski definition) is 3. The minimum Gasteiger partial charge on any atom is -0.493 e. The van der Waals surface area contributed by atoms with Gasteiger partial charge in [0, 0.05) is 13.1 Å². The molecule has 3 nitrogen and oxygen atoms in total. The molecule has 0 aromatic heterocycles. The molecule has 1 aliphatic heterocycles. The van der Waals surface area contributed by atoms with Crippen molar-refractivity contribution in [1.82, 2.24) is 5.32 Å². The lowest BCUT2D eigenvalue weighted by Crippen LogP contribution is -2.61. The average Bonchev–Trinajstić information content (AvgIpc) is 2.18. The largest absolute Gasteiger partial charge is 0.493 e. The van der Waals surface area contributed by atoms with Gasteiger partial charge in [0.05, 0.1) is 12.1 Å². The summed E-state index contributed by atoms with van der Waals surface area (Å²) in [6, 6.07) is 5.49. The molecule has 15 heavy (non-hydrogen) atoms. The van der Waals surface area contributed by atoms with Crippen LogP contribution in [0.1, 0.15) is 6.92 Å². The Balaban J connectivity index is 2.26. The third-order valence-corrected chi connectivity index (χ3v) is 2.79. The summed E-state index contributed by atoms with van der Waals surface area (Å²) < 4.78 is 11.1. The van der Waals surface area contributed by atoms with E-state index in [1.54, 1.807) is 13.2 Å². The predicted octanol–water partition coefficient (Wildman–Crippen LogP) is 2.09. The van der Waals surface area contributed by atoms with E-state index in [2.05, 4.69) is 5.32 Å². The van der Waals surface area contributed by atoms with Gasteiger partial charge in [-0.05, 0) is 19.1 Å². The molecule has 0 radical (unpaired) electrons. The van der Waals surface area contributed by atoms with Crippen LogP contribution in [0.3, 0.4) is 0 Å². The van der Waals surface area contributed by atoms with E-state index in [0.717, 1.165) is 13.1 Å². The lowest BCUT2D eigenvalue weighted by Gasteiger charge is -2.39. The number of halogens is 1. The van der Waals surface area contributed by atoms with E-state index < -0.39 is 0 Å². The number of ether oxygens (including phenoxy) is 2. The molecule has 0 saturated carbocycles. The first-order chi connectivity index (χ1) is 7.14. The highest BCUT2D eigenvalue weighted by Crippen LogP contribution is 2.37. The van der Waals surface area contributed by atoms with E-state index in [-0.39, 0.29) is 5.60 Å². The zero-order valence-corrected chi connectivity index (χ0v) is 9.60. The fourth-order valence-corrected chi connectivity index (χ4v) is 1.75. The third-order valence-electron chi connectivity index (χ3n) is 2.50. The second-order valence-corrected chi connectivity index (χ2v) is 4.33. The van der Waals surface area contributed by atoms with Crippen molar-refractivity contribution in [3.8, 4) is 11.5 Å². The van der Waals surface area contributed by atoms with E-state index in [1.165, 1.54) is 0 Å².